The lowest BCUT2D eigenvalue weighted by Crippen LogP contribution is -2.30. The Hall–Kier alpha value is -2.93. The predicted octanol–water partition coefficient (Wildman–Crippen LogP) is 3.52. The third-order valence-electron chi connectivity index (χ3n) is 3.75. The van der Waals surface area contributed by atoms with Crippen molar-refractivity contribution in [3.63, 3.8) is 0 Å². The first-order valence-electron chi connectivity index (χ1n) is 7.60. The number of anilines is 1. The van der Waals surface area contributed by atoms with E-state index >= 15 is 0 Å². The molecule has 1 aromatic carbocycles. The van der Waals surface area contributed by atoms with Gasteiger partial charge in [0.25, 0.3) is 5.91 Å². The number of carbonyl (C=O) groups is 1. The topological polar surface area (TPSA) is 57.0 Å². The van der Waals surface area contributed by atoms with E-state index in [9.17, 15) is 10.1 Å². The Morgan fingerprint density at radius 3 is 2.61 bits per heavy atom. The van der Waals surface area contributed by atoms with E-state index in [4.69, 9.17) is 0 Å². The van der Waals surface area contributed by atoms with Gasteiger partial charge in [0.05, 0.1) is 22.5 Å². The molecule has 23 heavy (non-hydrogen) atoms. The summed E-state index contributed by atoms with van der Waals surface area (Å²) in [7, 11) is 0. The number of benzene rings is 1. The highest BCUT2D eigenvalue weighted by Gasteiger charge is 2.35. The van der Waals surface area contributed by atoms with Gasteiger partial charge in [0.1, 0.15) is 6.07 Å². The Morgan fingerprint density at radius 1 is 1.22 bits per heavy atom. The SMILES string of the molecule is CC(C)CN1C(=O)C(=C(C#N)c2ccccn2)c2ccccc21. The molecule has 114 valence electrons. The van der Waals surface area contributed by atoms with Crippen LogP contribution in [0.2, 0.25) is 0 Å². The first-order valence-corrected chi connectivity index (χ1v) is 7.60. The van der Waals surface area contributed by atoms with Crippen molar-refractivity contribution in [1.82, 2.24) is 4.98 Å². The second-order valence-electron chi connectivity index (χ2n) is 5.90. The Kier molecular flexibility index (Phi) is 3.94. The minimum Gasteiger partial charge on any atom is -0.307 e. The van der Waals surface area contributed by atoms with Crippen LogP contribution in [-0.2, 0) is 4.79 Å². The molecule has 0 aliphatic carbocycles. The summed E-state index contributed by atoms with van der Waals surface area (Å²) in [6, 6.07) is 15.2. The molecule has 0 fully saturated rings. The molecule has 0 saturated carbocycles. The molecule has 0 unspecified atom stereocenters. The van der Waals surface area contributed by atoms with Crippen molar-refractivity contribution in [2.75, 3.05) is 11.4 Å². The third kappa shape index (κ3) is 2.62. The molecule has 1 aromatic heterocycles. The zero-order valence-electron chi connectivity index (χ0n) is 13.2. The molecule has 0 bridgehead atoms. The summed E-state index contributed by atoms with van der Waals surface area (Å²) in [6.07, 6.45) is 1.63. The molecule has 0 atom stereocenters. The average Bonchev–Trinajstić information content (AvgIpc) is 2.83. The van der Waals surface area contributed by atoms with Gasteiger partial charge in [-0.05, 0) is 24.1 Å². The summed E-state index contributed by atoms with van der Waals surface area (Å²) < 4.78 is 0. The van der Waals surface area contributed by atoms with Crippen LogP contribution in [0.4, 0.5) is 5.69 Å². The number of fused-ring (bicyclic) bond motifs is 1. The molecule has 0 N–H and O–H groups in total. The molecule has 1 aliphatic heterocycles. The number of pyridine rings is 1. The molecule has 2 heterocycles. The summed E-state index contributed by atoms with van der Waals surface area (Å²) in [6.45, 7) is 4.77. The van der Waals surface area contributed by atoms with Crippen LogP contribution in [0.5, 0.6) is 0 Å². The Balaban J connectivity index is 2.22. The largest absolute Gasteiger partial charge is 0.307 e. The minimum absolute atomic E-state index is 0.123. The Bertz CT molecular complexity index is 816. The highest BCUT2D eigenvalue weighted by molar-refractivity contribution is 6.38. The van der Waals surface area contributed by atoms with E-state index in [0.29, 0.717) is 29.3 Å². The highest BCUT2D eigenvalue weighted by atomic mass is 16.2. The van der Waals surface area contributed by atoms with Gasteiger partial charge in [-0.2, -0.15) is 5.26 Å². The van der Waals surface area contributed by atoms with Crippen molar-refractivity contribution in [2.45, 2.75) is 13.8 Å². The number of nitriles is 1. The predicted molar refractivity (Wildman–Crippen MR) is 90.3 cm³/mol. The number of allylic oxidation sites excluding steroid dienone is 1. The maximum Gasteiger partial charge on any atom is 0.260 e. The number of para-hydroxylation sites is 1. The molecule has 3 rings (SSSR count). The van der Waals surface area contributed by atoms with Crippen LogP contribution in [0.25, 0.3) is 11.1 Å². The molecule has 1 aliphatic rings. The maximum atomic E-state index is 13.0. The van der Waals surface area contributed by atoms with Crippen LogP contribution in [0.1, 0.15) is 25.1 Å². The minimum atomic E-state index is -0.123. The fourth-order valence-corrected chi connectivity index (χ4v) is 2.82. The van der Waals surface area contributed by atoms with E-state index in [1.54, 1.807) is 23.2 Å². The lowest BCUT2D eigenvalue weighted by Gasteiger charge is -2.19. The number of hydrogen-bond acceptors (Lipinski definition) is 3. The van der Waals surface area contributed by atoms with Crippen LogP contribution < -0.4 is 4.90 Å². The first kappa shape index (κ1) is 15.0. The standard InChI is InChI=1S/C19H17N3O/c1-13(2)12-22-17-9-4-3-7-14(17)18(19(22)23)15(11-20)16-8-5-6-10-21-16/h3-10,13H,12H2,1-2H3. The summed E-state index contributed by atoms with van der Waals surface area (Å²) in [5.74, 6) is 0.217. The van der Waals surface area contributed by atoms with Crippen molar-refractivity contribution in [3.05, 3.63) is 59.9 Å². The first-order chi connectivity index (χ1) is 11.1. The van der Waals surface area contributed by atoms with Crippen LogP contribution in [-0.4, -0.2) is 17.4 Å². The van der Waals surface area contributed by atoms with Crippen molar-refractivity contribution >= 4 is 22.7 Å². The van der Waals surface area contributed by atoms with Gasteiger partial charge in [-0.3, -0.25) is 9.78 Å². The monoisotopic (exact) mass is 303 g/mol. The van der Waals surface area contributed by atoms with Crippen LogP contribution in [0.3, 0.4) is 0 Å². The molecule has 4 nitrogen and oxygen atoms in total. The molecule has 0 saturated heterocycles. The number of aromatic nitrogens is 1. The van der Waals surface area contributed by atoms with E-state index in [1.165, 1.54) is 0 Å². The fraction of sp³-hybridized carbons (Fsp3) is 0.211. The van der Waals surface area contributed by atoms with Crippen LogP contribution in [0.15, 0.2) is 48.7 Å². The molecule has 4 heteroatoms. The molecule has 0 spiro atoms. The average molecular weight is 303 g/mol. The smallest absolute Gasteiger partial charge is 0.260 e. The van der Waals surface area contributed by atoms with Crippen molar-refractivity contribution in [1.29, 1.82) is 5.26 Å². The highest BCUT2D eigenvalue weighted by Crippen LogP contribution is 2.40. The van der Waals surface area contributed by atoms with Gasteiger partial charge < -0.3 is 4.90 Å². The molecule has 1 amide bonds. The fourth-order valence-electron chi connectivity index (χ4n) is 2.82. The van der Waals surface area contributed by atoms with Crippen molar-refractivity contribution in [3.8, 4) is 6.07 Å². The summed E-state index contributed by atoms with van der Waals surface area (Å²) in [4.78, 5) is 19.0. The summed E-state index contributed by atoms with van der Waals surface area (Å²) >= 11 is 0. The maximum absolute atomic E-state index is 13.0. The van der Waals surface area contributed by atoms with Crippen molar-refractivity contribution < 1.29 is 4.79 Å². The van der Waals surface area contributed by atoms with Crippen LogP contribution >= 0.6 is 0 Å². The van der Waals surface area contributed by atoms with Gasteiger partial charge in [0, 0.05) is 18.3 Å². The third-order valence-corrected chi connectivity index (χ3v) is 3.75. The van der Waals surface area contributed by atoms with Gasteiger partial charge in [-0.15, -0.1) is 0 Å². The quantitative estimate of drug-likeness (QED) is 0.644. The summed E-state index contributed by atoms with van der Waals surface area (Å²) in [5, 5.41) is 9.63. The zero-order chi connectivity index (χ0) is 16.4. The van der Waals surface area contributed by atoms with Gasteiger partial charge in [0.2, 0.25) is 0 Å². The normalized spacial score (nSPS) is 15.6. The van der Waals surface area contributed by atoms with Gasteiger partial charge >= 0.3 is 0 Å². The van der Waals surface area contributed by atoms with Gasteiger partial charge in [-0.25, -0.2) is 0 Å². The van der Waals surface area contributed by atoms with E-state index in [-0.39, 0.29) is 5.91 Å². The Morgan fingerprint density at radius 2 is 1.96 bits per heavy atom. The van der Waals surface area contributed by atoms with Crippen LogP contribution in [0, 0.1) is 17.2 Å². The van der Waals surface area contributed by atoms with E-state index in [2.05, 4.69) is 24.9 Å². The van der Waals surface area contributed by atoms with E-state index in [0.717, 1.165) is 11.3 Å². The van der Waals surface area contributed by atoms with Gasteiger partial charge in [0.15, 0.2) is 0 Å². The number of amides is 1. The van der Waals surface area contributed by atoms with Gasteiger partial charge in [-0.1, -0.05) is 38.1 Å². The Labute approximate surface area is 135 Å². The summed E-state index contributed by atoms with van der Waals surface area (Å²) in [5.41, 5.74) is 2.97. The zero-order valence-corrected chi connectivity index (χ0v) is 13.2. The lowest BCUT2D eigenvalue weighted by atomic mass is 9.99. The lowest BCUT2D eigenvalue weighted by molar-refractivity contribution is -0.113. The molecular formula is C19H17N3O. The van der Waals surface area contributed by atoms with E-state index < -0.39 is 0 Å². The van der Waals surface area contributed by atoms with Crippen molar-refractivity contribution in [2.24, 2.45) is 5.92 Å². The molecule has 0 radical (unpaired) electrons. The number of nitrogens with zero attached hydrogens (tertiary/aromatic N) is 3. The molecular weight excluding hydrogens is 286 g/mol. The molecule has 2 aromatic rings. The number of hydrogen-bond donors (Lipinski definition) is 0. The second kappa shape index (κ2) is 6.05. The van der Waals surface area contributed by atoms with E-state index in [1.807, 2.05) is 30.3 Å². The second-order valence-corrected chi connectivity index (χ2v) is 5.90. The number of carbonyl (C=O) groups excluding carboxylic acids is 1. The number of rotatable bonds is 3.